The summed E-state index contributed by atoms with van der Waals surface area (Å²) >= 11 is 6.15. The maximum Gasteiger partial charge on any atom is 0.291 e. The fourth-order valence-electron chi connectivity index (χ4n) is 2.77. The van der Waals surface area contributed by atoms with Gasteiger partial charge in [-0.3, -0.25) is 4.79 Å². The number of amides is 1. The van der Waals surface area contributed by atoms with Crippen molar-refractivity contribution in [3.05, 3.63) is 46.7 Å². The van der Waals surface area contributed by atoms with Crippen molar-refractivity contribution in [2.24, 2.45) is 0 Å². The molecule has 1 heterocycles. The van der Waals surface area contributed by atoms with Crippen LogP contribution in [-0.4, -0.2) is 27.2 Å². The first kappa shape index (κ1) is 17.9. The molecular weight excluding hydrogens is 358 g/mol. The van der Waals surface area contributed by atoms with Crippen LogP contribution in [0.3, 0.4) is 0 Å². The first-order chi connectivity index (χ1) is 12.5. The minimum Gasteiger partial charge on any atom is -0.493 e. The van der Waals surface area contributed by atoms with E-state index in [2.05, 4.69) is 5.32 Å². The van der Waals surface area contributed by atoms with Crippen LogP contribution in [-0.2, 0) is 0 Å². The number of carbonyl (C=O) groups excluding carboxylic acids is 1. The third kappa shape index (κ3) is 3.04. The number of aryl methyl sites for hydroxylation is 1. The number of halogens is 1. The maximum absolute atomic E-state index is 12.7. The van der Waals surface area contributed by atoms with E-state index in [0.717, 1.165) is 5.39 Å². The molecule has 0 unspecified atom stereocenters. The molecule has 6 nitrogen and oxygen atoms in total. The summed E-state index contributed by atoms with van der Waals surface area (Å²) < 4.78 is 21.6. The molecule has 1 amide bonds. The Kier molecular flexibility index (Phi) is 4.95. The zero-order valence-electron chi connectivity index (χ0n) is 14.8. The molecule has 1 N–H and O–H groups in total. The van der Waals surface area contributed by atoms with Crippen molar-refractivity contribution in [2.45, 2.75) is 6.92 Å². The molecule has 136 valence electrons. The van der Waals surface area contributed by atoms with Crippen molar-refractivity contribution in [3.8, 4) is 17.2 Å². The molecule has 0 saturated carbocycles. The zero-order chi connectivity index (χ0) is 18.8. The Labute approximate surface area is 155 Å². The second-order valence-electron chi connectivity index (χ2n) is 5.54. The first-order valence-corrected chi connectivity index (χ1v) is 8.17. The largest absolute Gasteiger partial charge is 0.493 e. The molecule has 0 spiro atoms. The summed E-state index contributed by atoms with van der Waals surface area (Å²) in [4.78, 5) is 12.7. The number of para-hydroxylation sites is 1. The van der Waals surface area contributed by atoms with Gasteiger partial charge in [0.15, 0.2) is 22.8 Å². The molecule has 0 aliphatic carbocycles. The lowest BCUT2D eigenvalue weighted by Crippen LogP contribution is -2.12. The van der Waals surface area contributed by atoms with Crippen LogP contribution in [0.5, 0.6) is 17.2 Å². The van der Waals surface area contributed by atoms with E-state index in [-0.39, 0.29) is 5.76 Å². The van der Waals surface area contributed by atoms with Crippen LogP contribution >= 0.6 is 11.6 Å². The van der Waals surface area contributed by atoms with Crippen LogP contribution in [0, 0.1) is 6.92 Å². The summed E-state index contributed by atoms with van der Waals surface area (Å²) in [5.41, 5.74) is 1.68. The highest BCUT2D eigenvalue weighted by atomic mass is 35.5. The Morgan fingerprint density at radius 3 is 2.27 bits per heavy atom. The molecule has 7 heteroatoms. The molecule has 3 rings (SSSR count). The van der Waals surface area contributed by atoms with Gasteiger partial charge in [0.2, 0.25) is 5.75 Å². The van der Waals surface area contributed by atoms with Crippen molar-refractivity contribution in [3.63, 3.8) is 0 Å². The molecule has 3 aromatic rings. The van der Waals surface area contributed by atoms with Gasteiger partial charge in [-0.1, -0.05) is 23.7 Å². The average Bonchev–Trinajstić information content (AvgIpc) is 2.99. The van der Waals surface area contributed by atoms with Crippen molar-refractivity contribution in [2.75, 3.05) is 26.6 Å². The summed E-state index contributed by atoms with van der Waals surface area (Å²) in [7, 11) is 4.53. The molecule has 1 aromatic heterocycles. The van der Waals surface area contributed by atoms with Gasteiger partial charge in [0.1, 0.15) is 0 Å². The molecule has 0 bridgehead atoms. The van der Waals surface area contributed by atoms with E-state index in [4.69, 9.17) is 30.2 Å². The zero-order valence-corrected chi connectivity index (χ0v) is 15.6. The Bertz CT molecular complexity index is 954. The minimum absolute atomic E-state index is 0.196. The molecule has 0 radical (unpaired) electrons. The Balaban J connectivity index is 1.98. The number of furan rings is 1. The van der Waals surface area contributed by atoms with E-state index >= 15 is 0 Å². The molecule has 0 saturated heterocycles. The lowest BCUT2D eigenvalue weighted by molar-refractivity contribution is 0.0998. The van der Waals surface area contributed by atoms with Gasteiger partial charge >= 0.3 is 0 Å². The second-order valence-corrected chi connectivity index (χ2v) is 5.95. The maximum atomic E-state index is 12.7. The normalized spacial score (nSPS) is 10.7. The highest BCUT2D eigenvalue weighted by Crippen LogP contribution is 2.40. The number of methoxy groups -OCH3 is 3. The van der Waals surface area contributed by atoms with Crippen LogP contribution in [0.15, 0.2) is 34.7 Å². The van der Waals surface area contributed by atoms with Crippen molar-refractivity contribution >= 4 is 34.2 Å². The predicted molar refractivity (Wildman–Crippen MR) is 100 cm³/mol. The molecular formula is C19H18ClNO5. The highest BCUT2D eigenvalue weighted by Gasteiger charge is 2.21. The van der Waals surface area contributed by atoms with Crippen molar-refractivity contribution in [1.82, 2.24) is 0 Å². The third-order valence-corrected chi connectivity index (χ3v) is 4.34. The van der Waals surface area contributed by atoms with Gasteiger partial charge in [-0.25, -0.2) is 0 Å². The number of carbonyl (C=O) groups is 1. The van der Waals surface area contributed by atoms with Crippen molar-refractivity contribution < 1.29 is 23.4 Å². The number of rotatable bonds is 5. The van der Waals surface area contributed by atoms with Gasteiger partial charge in [0, 0.05) is 28.8 Å². The van der Waals surface area contributed by atoms with Gasteiger partial charge in [-0.05, 0) is 13.0 Å². The van der Waals surface area contributed by atoms with Crippen LogP contribution in [0.25, 0.3) is 11.0 Å². The van der Waals surface area contributed by atoms with E-state index < -0.39 is 5.91 Å². The van der Waals surface area contributed by atoms with Crippen LogP contribution < -0.4 is 19.5 Å². The van der Waals surface area contributed by atoms with E-state index in [1.54, 1.807) is 18.2 Å². The lowest BCUT2D eigenvalue weighted by Gasteiger charge is -2.14. The van der Waals surface area contributed by atoms with Gasteiger partial charge in [0.25, 0.3) is 5.91 Å². The smallest absolute Gasteiger partial charge is 0.291 e. The van der Waals surface area contributed by atoms with Crippen LogP contribution in [0.2, 0.25) is 5.02 Å². The summed E-state index contributed by atoms with van der Waals surface area (Å²) in [6.07, 6.45) is 0. The molecule has 0 atom stereocenters. The summed E-state index contributed by atoms with van der Waals surface area (Å²) in [6.45, 7) is 1.81. The fraction of sp³-hybridized carbons (Fsp3) is 0.211. The number of nitrogens with one attached hydrogen (secondary N) is 1. The fourth-order valence-corrected chi connectivity index (χ4v) is 2.98. The number of anilines is 1. The SMILES string of the molecule is COc1cc(NC(=O)c2oc3c(Cl)cccc3c2C)cc(OC)c1OC. The van der Waals surface area contributed by atoms with E-state index in [9.17, 15) is 4.79 Å². The molecule has 0 aliphatic rings. The van der Waals surface area contributed by atoms with Crippen LogP contribution in [0.4, 0.5) is 5.69 Å². The quantitative estimate of drug-likeness (QED) is 0.701. The Morgan fingerprint density at radius 2 is 1.73 bits per heavy atom. The molecule has 0 fully saturated rings. The second kappa shape index (κ2) is 7.17. The monoisotopic (exact) mass is 375 g/mol. The Hall–Kier alpha value is -2.86. The van der Waals surface area contributed by atoms with Crippen LogP contribution in [0.1, 0.15) is 16.1 Å². The average molecular weight is 376 g/mol. The predicted octanol–water partition coefficient (Wildman–Crippen LogP) is 4.67. The van der Waals surface area contributed by atoms with E-state index in [1.165, 1.54) is 21.3 Å². The molecule has 2 aromatic carbocycles. The van der Waals surface area contributed by atoms with Gasteiger partial charge in [-0.2, -0.15) is 0 Å². The molecule has 0 aliphatic heterocycles. The minimum atomic E-state index is -0.399. The standard InChI is InChI=1S/C19H18ClNO5/c1-10-12-6-5-7-13(20)17(12)26-16(10)19(22)21-11-8-14(23-2)18(25-4)15(9-11)24-3/h5-9H,1-4H3,(H,21,22). The van der Waals surface area contributed by atoms with Gasteiger partial charge in [0.05, 0.1) is 26.4 Å². The van der Waals surface area contributed by atoms with E-state index in [0.29, 0.717) is 39.1 Å². The summed E-state index contributed by atoms with van der Waals surface area (Å²) in [6, 6.07) is 8.67. The van der Waals surface area contributed by atoms with E-state index in [1.807, 2.05) is 19.1 Å². The third-order valence-electron chi connectivity index (χ3n) is 4.04. The number of benzene rings is 2. The lowest BCUT2D eigenvalue weighted by atomic mass is 10.1. The number of hydrogen-bond donors (Lipinski definition) is 1. The summed E-state index contributed by atoms with van der Waals surface area (Å²) in [5.74, 6) is 1.11. The molecule has 26 heavy (non-hydrogen) atoms. The Morgan fingerprint density at radius 1 is 1.08 bits per heavy atom. The van der Waals surface area contributed by atoms with Gasteiger partial charge < -0.3 is 23.9 Å². The topological polar surface area (TPSA) is 69.9 Å². The number of fused-ring (bicyclic) bond motifs is 1. The highest BCUT2D eigenvalue weighted by molar-refractivity contribution is 6.35. The summed E-state index contributed by atoms with van der Waals surface area (Å²) in [5, 5.41) is 4.04. The number of ether oxygens (including phenoxy) is 3. The van der Waals surface area contributed by atoms with Crippen molar-refractivity contribution in [1.29, 1.82) is 0 Å². The first-order valence-electron chi connectivity index (χ1n) is 7.79. The van der Waals surface area contributed by atoms with Gasteiger partial charge in [-0.15, -0.1) is 0 Å². The number of hydrogen-bond acceptors (Lipinski definition) is 5.